The van der Waals surface area contributed by atoms with Gasteiger partial charge in [0, 0.05) is 16.8 Å². The van der Waals surface area contributed by atoms with Crippen molar-refractivity contribution in [3.8, 4) is 0 Å². The van der Waals surface area contributed by atoms with Gasteiger partial charge >= 0.3 is 6.03 Å². The van der Waals surface area contributed by atoms with Gasteiger partial charge in [0.05, 0.1) is 6.54 Å². The molecule has 1 aliphatic carbocycles. The first kappa shape index (κ1) is 20.8. The highest BCUT2D eigenvalue weighted by molar-refractivity contribution is 6.11. The third kappa shape index (κ3) is 3.95. The summed E-state index contributed by atoms with van der Waals surface area (Å²) in [5, 5.41) is 5.64. The van der Waals surface area contributed by atoms with E-state index in [0.29, 0.717) is 23.2 Å². The molecule has 2 N–H and O–H groups in total. The standard InChI is InChI=1S/C24H25N3O4/c1-16-7-5-6-14-24(16)22(30)27(23(31)26-24)15-20(28)17-10-12-19(13-11-17)25-21(29)18-8-3-2-4-9-18/h2-4,8-13,16H,5-7,14-15H2,1H3,(H,25,29)(H,26,31)/t16-,24-/m1/s1. The van der Waals surface area contributed by atoms with Crippen molar-refractivity contribution in [2.24, 2.45) is 5.92 Å². The van der Waals surface area contributed by atoms with Crippen LogP contribution in [0.1, 0.15) is 53.3 Å². The van der Waals surface area contributed by atoms with E-state index in [1.807, 2.05) is 13.0 Å². The molecule has 4 rings (SSSR count). The smallest absolute Gasteiger partial charge is 0.323 e. The highest BCUT2D eigenvalue weighted by Gasteiger charge is 2.55. The van der Waals surface area contributed by atoms with Crippen molar-refractivity contribution < 1.29 is 19.2 Å². The van der Waals surface area contributed by atoms with Crippen LogP contribution < -0.4 is 10.6 Å². The number of hydrogen-bond acceptors (Lipinski definition) is 4. The number of urea groups is 1. The van der Waals surface area contributed by atoms with Gasteiger partial charge in [0.2, 0.25) is 0 Å². The van der Waals surface area contributed by atoms with E-state index in [-0.39, 0.29) is 30.1 Å². The molecule has 1 heterocycles. The van der Waals surface area contributed by atoms with Crippen LogP contribution in [0.15, 0.2) is 54.6 Å². The van der Waals surface area contributed by atoms with E-state index in [1.54, 1.807) is 48.5 Å². The van der Waals surface area contributed by atoms with Gasteiger partial charge in [-0.1, -0.05) is 38.0 Å². The fourth-order valence-electron chi connectivity index (χ4n) is 4.41. The number of Topliss-reactive ketones (excluding diaryl/α,β-unsaturated/α-hetero) is 1. The second-order valence-electron chi connectivity index (χ2n) is 8.26. The number of carbonyl (C=O) groups is 4. The van der Waals surface area contributed by atoms with Crippen LogP contribution in [0.25, 0.3) is 0 Å². The zero-order valence-electron chi connectivity index (χ0n) is 17.4. The zero-order valence-corrected chi connectivity index (χ0v) is 17.4. The van der Waals surface area contributed by atoms with Gasteiger partial charge in [-0.2, -0.15) is 0 Å². The van der Waals surface area contributed by atoms with E-state index in [0.717, 1.165) is 24.2 Å². The quantitative estimate of drug-likeness (QED) is 0.572. The number of benzene rings is 2. The van der Waals surface area contributed by atoms with Gasteiger partial charge in [-0.15, -0.1) is 0 Å². The van der Waals surface area contributed by atoms with E-state index >= 15 is 0 Å². The summed E-state index contributed by atoms with van der Waals surface area (Å²) >= 11 is 0. The van der Waals surface area contributed by atoms with Crippen molar-refractivity contribution in [2.75, 3.05) is 11.9 Å². The summed E-state index contributed by atoms with van der Waals surface area (Å²) in [6.45, 7) is 1.68. The van der Waals surface area contributed by atoms with E-state index < -0.39 is 11.6 Å². The van der Waals surface area contributed by atoms with E-state index in [9.17, 15) is 19.2 Å². The minimum Gasteiger partial charge on any atom is -0.323 e. The Labute approximate surface area is 180 Å². The van der Waals surface area contributed by atoms with Crippen LogP contribution >= 0.6 is 0 Å². The summed E-state index contributed by atoms with van der Waals surface area (Å²) in [5.41, 5.74) is 0.583. The lowest BCUT2D eigenvalue weighted by molar-refractivity contribution is -0.133. The van der Waals surface area contributed by atoms with Gasteiger partial charge in [-0.3, -0.25) is 19.3 Å². The molecule has 2 fully saturated rings. The summed E-state index contributed by atoms with van der Waals surface area (Å²) in [6, 6.07) is 14.8. The van der Waals surface area contributed by atoms with Gasteiger partial charge in [-0.05, 0) is 55.2 Å². The number of nitrogens with one attached hydrogen (secondary N) is 2. The Morgan fingerprint density at radius 3 is 2.42 bits per heavy atom. The molecule has 0 radical (unpaired) electrons. The third-order valence-electron chi connectivity index (χ3n) is 6.30. The minimum absolute atomic E-state index is 0.0466. The van der Waals surface area contributed by atoms with Crippen molar-refractivity contribution >= 4 is 29.3 Å². The van der Waals surface area contributed by atoms with Gasteiger partial charge in [0.15, 0.2) is 5.78 Å². The van der Waals surface area contributed by atoms with Crippen LogP contribution in [0.2, 0.25) is 0 Å². The number of hydrogen-bond donors (Lipinski definition) is 2. The Bertz CT molecular complexity index is 1020. The fourth-order valence-corrected chi connectivity index (χ4v) is 4.41. The molecule has 2 atom stereocenters. The SMILES string of the molecule is C[C@@H]1CCCC[C@@]12NC(=O)N(CC(=O)c1ccc(NC(=O)c3ccccc3)cc1)C2=O. The van der Waals surface area contributed by atoms with Gasteiger partial charge in [-0.25, -0.2) is 4.79 Å². The van der Waals surface area contributed by atoms with Crippen LogP contribution in [-0.2, 0) is 4.79 Å². The summed E-state index contributed by atoms with van der Waals surface area (Å²) in [4.78, 5) is 51.5. The Balaban J connectivity index is 1.41. The second-order valence-corrected chi connectivity index (χ2v) is 8.26. The molecule has 2 aromatic carbocycles. The Kier molecular flexibility index (Phi) is 5.59. The molecule has 31 heavy (non-hydrogen) atoms. The number of anilines is 1. The lowest BCUT2D eigenvalue weighted by Gasteiger charge is -2.36. The van der Waals surface area contributed by atoms with Crippen molar-refractivity contribution in [3.05, 3.63) is 65.7 Å². The van der Waals surface area contributed by atoms with Gasteiger partial charge < -0.3 is 10.6 Å². The number of nitrogens with zero attached hydrogens (tertiary/aromatic N) is 1. The minimum atomic E-state index is -0.874. The maximum atomic E-state index is 13.0. The lowest BCUT2D eigenvalue weighted by Crippen LogP contribution is -2.54. The van der Waals surface area contributed by atoms with Gasteiger partial charge in [0.25, 0.3) is 11.8 Å². The van der Waals surface area contributed by atoms with Crippen molar-refractivity contribution in [2.45, 2.75) is 38.1 Å². The molecule has 2 aromatic rings. The number of rotatable bonds is 5. The van der Waals surface area contributed by atoms with E-state index in [1.165, 1.54) is 0 Å². The Morgan fingerprint density at radius 1 is 1.03 bits per heavy atom. The van der Waals surface area contributed by atoms with Crippen LogP contribution in [0.3, 0.4) is 0 Å². The highest BCUT2D eigenvalue weighted by atomic mass is 16.2. The molecular formula is C24H25N3O4. The third-order valence-corrected chi connectivity index (χ3v) is 6.30. The maximum absolute atomic E-state index is 13.0. The Morgan fingerprint density at radius 2 is 1.74 bits per heavy atom. The molecule has 160 valence electrons. The largest absolute Gasteiger partial charge is 0.325 e. The number of ketones is 1. The number of carbonyl (C=O) groups excluding carboxylic acids is 4. The van der Waals surface area contributed by atoms with Gasteiger partial charge in [0.1, 0.15) is 5.54 Å². The molecule has 1 spiro atoms. The summed E-state index contributed by atoms with van der Waals surface area (Å²) in [6.07, 6.45) is 3.41. The van der Waals surface area contributed by atoms with Crippen LogP contribution in [0.4, 0.5) is 10.5 Å². The molecular weight excluding hydrogens is 394 g/mol. The van der Waals surface area contributed by atoms with Crippen molar-refractivity contribution in [3.63, 3.8) is 0 Å². The first-order valence-electron chi connectivity index (χ1n) is 10.5. The van der Waals surface area contributed by atoms with Crippen molar-refractivity contribution in [1.82, 2.24) is 10.2 Å². The first-order chi connectivity index (χ1) is 14.9. The van der Waals surface area contributed by atoms with Crippen molar-refractivity contribution in [1.29, 1.82) is 0 Å². The second kappa shape index (κ2) is 8.34. The highest BCUT2D eigenvalue weighted by Crippen LogP contribution is 2.38. The van der Waals surface area contributed by atoms with Crippen LogP contribution in [0, 0.1) is 5.92 Å². The molecule has 1 aliphatic heterocycles. The summed E-state index contributed by atoms with van der Waals surface area (Å²) in [5.74, 6) is -0.828. The molecule has 7 heteroatoms. The summed E-state index contributed by atoms with van der Waals surface area (Å²) < 4.78 is 0. The average molecular weight is 419 g/mol. The normalized spacial score (nSPS) is 23.0. The number of imide groups is 1. The predicted octanol–water partition coefficient (Wildman–Crippen LogP) is 3.62. The molecule has 0 unspecified atom stereocenters. The first-order valence-corrected chi connectivity index (χ1v) is 10.5. The molecule has 4 amide bonds. The molecule has 1 saturated carbocycles. The monoisotopic (exact) mass is 419 g/mol. The van der Waals surface area contributed by atoms with Crippen LogP contribution in [0.5, 0.6) is 0 Å². The molecule has 7 nitrogen and oxygen atoms in total. The van der Waals surface area contributed by atoms with E-state index in [4.69, 9.17) is 0 Å². The summed E-state index contributed by atoms with van der Waals surface area (Å²) in [7, 11) is 0. The average Bonchev–Trinajstić information content (AvgIpc) is 3.01. The van der Waals surface area contributed by atoms with Crippen LogP contribution in [-0.4, -0.2) is 40.6 Å². The topological polar surface area (TPSA) is 95.6 Å². The predicted molar refractivity (Wildman–Crippen MR) is 116 cm³/mol. The molecule has 0 bridgehead atoms. The molecule has 2 aliphatic rings. The fraction of sp³-hybridized carbons (Fsp3) is 0.333. The maximum Gasteiger partial charge on any atom is 0.325 e. The molecule has 1 saturated heterocycles. The Hall–Kier alpha value is -3.48. The molecule has 0 aromatic heterocycles. The zero-order chi connectivity index (χ0) is 22.0. The lowest BCUT2D eigenvalue weighted by atomic mass is 9.73. The number of amides is 4. The van der Waals surface area contributed by atoms with E-state index in [2.05, 4.69) is 10.6 Å².